The van der Waals surface area contributed by atoms with Crippen molar-refractivity contribution in [3.05, 3.63) is 29.8 Å². The predicted molar refractivity (Wildman–Crippen MR) is 67.4 cm³/mol. The first-order valence-corrected chi connectivity index (χ1v) is 6.49. The van der Waals surface area contributed by atoms with Crippen molar-refractivity contribution in [3.8, 4) is 0 Å². The molecule has 1 aromatic rings. The van der Waals surface area contributed by atoms with Gasteiger partial charge in [0, 0.05) is 4.90 Å². The fourth-order valence-corrected chi connectivity index (χ4v) is 2.00. The van der Waals surface area contributed by atoms with Crippen LogP contribution in [0.1, 0.15) is 23.7 Å². The topological polar surface area (TPSA) is 66.4 Å². The summed E-state index contributed by atoms with van der Waals surface area (Å²) < 4.78 is 0. The summed E-state index contributed by atoms with van der Waals surface area (Å²) in [5.41, 5.74) is 0.514. The summed E-state index contributed by atoms with van der Waals surface area (Å²) in [5.74, 6) is -1.35. The lowest BCUT2D eigenvalue weighted by atomic mass is 10.1. The average Bonchev–Trinajstić information content (AvgIpc) is 2.35. The van der Waals surface area contributed by atoms with E-state index in [2.05, 4.69) is 5.32 Å². The second kappa shape index (κ2) is 6.30. The number of hydrogen-bond donors (Lipinski definition) is 2. The number of nitrogens with one attached hydrogen (secondary N) is 1. The van der Waals surface area contributed by atoms with Crippen LogP contribution < -0.4 is 5.32 Å². The van der Waals surface area contributed by atoms with Gasteiger partial charge in [0.25, 0.3) is 5.91 Å². The van der Waals surface area contributed by atoms with Crippen LogP contribution in [0.4, 0.5) is 0 Å². The first kappa shape index (κ1) is 13.6. The molecule has 4 nitrogen and oxygen atoms in total. The summed E-state index contributed by atoms with van der Waals surface area (Å²) in [6.07, 6.45) is 2.24. The molecule has 2 N–H and O–H groups in total. The van der Waals surface area contributed by atoms with Crippen LogP contribution in [0, 0.1) is 0 Å². The molecular weight excluding hydrogens is 238 g/mol. The molecule has 92 valence electrons. The largest absolute Gasteiger partial charge is 0.480 e. The van der Waals surface area contributed by atoms with Gasteiger partial charge in [-0.3, -0.25) is 4.79 Å². The van der Waals surface area contributed by atoms with Gasteiger partial charge in [0.2, 0.25) is 0 Å². The zero-order valence-corrected chi connectivity index (χ0v) is 10.6. The van der Waals surface area contributed by atoms with Crippen molar-refractivity contribution in [2.75, 3.05) is 6.26 Å². The standard InChI is InChI=1S/C12H15NO3S/c1-3-9(12(15)16)13-11(14)8-6-4-5-7-10(8)17-2/h4-7,9H,3H2,1-2H3,(H,13,14)(H,15,16)/t9-/m0/s1. The molecule has 0 bridgehead atoms. The maximum absolute atomic E-state index is 11.9. The van der Waals surface area contributed by atoms with Crippen LogP contribution in [0.2, 0.25) is 0 Å². The van der Waals surface area contributed by atoms with Gasteiger partial charge in [0.05, 0.1) is 5.56 Å². The predicted octanol–water partition coefficient (Wildman–Crippen LogP) is 2.00. The lowest BCUT2D eigenvalue weighted by molar-refractivity contribution is -0.139. The molecule has 17 heavy (non-hydrogen) atoms. The summed E-state index contributed by atoms with van der Waals surface area (Å²) in [7, 11) is 0. The molecule has 0 aromatic heterocycles. The number of benzene rings is 1. The monoisotopic (exact) mass is 253 g/mol. The van der Waals surface area contributed by atoms with Gasteiger partial charge >= 0.3 is 5.97 Å². The smallest absolute Gasteiger partial charge is 0.326 e. The average molecular weight is 253 g/mol. The Labute approximate surface area is 104 Å². The first-order valence-electron chi connectivity index (χ1n) is 5.26. The molecule has 1 amide bonds. The van der Waals surface area contributed by atoms with Gasteiger partial charge in [-0.05, 0) is 24.8 Å². The molecule has 0 aliphatic carbocycles. The summed E-state index contributed by atoms with van der Waals surface area (Å²) in [6, 6.07) is 6.29. The minimum atomic E-state index is -1.01. The van der Waals surface area contributed by atoms with Crippen molar-refractivity contribution in [1.82, 2.24) is 5.32 Å². The zero-order chi connectivity index (χ0) is 12.8. The van der Waals surface area contributed by atoms with Crippen LogP contribution in [-0.2, 0) is 4.79 Å². The Bertz CT molecular complexity index is 420. The highest BCUT2D eigenvalue weighted by atomic mass is 32.2. The molecule has 0 heterocycles. The van der Waals surface area contributed by atoms with Crippen molar-refractivity contribution in [2.24, 2.45) is 0 Å². The Hall–Kier alpha value is -1.49. The van der Waals surface area contributed by atoms with Gasteiger partial charge in [0.1, 0.15) is 6.04 Å². The molecule has 0 aliphatic rings. The van der Waals surface area contributed by atoms with E-state index in [1.165, 1.54) is 11.8 Å². The number of carbonyl (C=O) groups excluding carboxylic acids is 1. The van der Waals surface area contributed by atoms with Gasteiger partial charge in [-0.15, -0.1) is 11.8 Å². The van der Waals surface area contributed by atoms with E-state index in [1.807, 2.05) is 18.4 Å². The molecule has 0 spiro atoms. The maximum Gasteiger partial charge on any atom is 0.326 e. The van der Waals surface area contributed by atoms with Gasteiger partial charge in [-0.1, -0.05) is 19.1 Å². The number of thioether (sulfide) groups is 1. The van der Waals surface area contributed by atoms with E-state index in [4.69, 9.17) is 5.11 Å². The van der Waals surface area contributed by atoms with E-state index in [1.54, 1.807) is 19.1 Å². The third-order valence-corrected chi connectivity index (χ3v) is 3.16. The lowest BCUT2D eigenvalue weighted by Crippen LogP contribution is -2.40. The molecule has 0 saturated heterocycles. The van der Waals surface area contributed by atoms with E-state index >= 15 is 0 Å². The summed E-state index contributed by atoms with van der Waals surface area (Å²) in [6.45, 7) is 1.72. The molecule has 1 aromatic carbocycles. The molecule has 5 heteroatoms. The summed E-state index contributed by atoms with van der Waals surface area (Å²) in [4.78, 5) is 23.6. The van der Waals surface area contributed by atoms with E-state index in [-0.39, 0.29) is 5.91 Å². The van der Waals surface area contributed by atoms with E-state index < -0.39 is 12.0 Å². The normalized spacial score (nSPS) is 11.9. The number of rotatable bonds is 5. The van der Waals surface area contributed by atoms with Gasteiger partial charge in [-0.2, -0.15) is 0 Å². The first-order chi connectivity index (χ1) is 8.10. The molecule has 0 fully saturated rings. The number of hydrogen-bond acceptors (Lipinski definition) is 3. The third-order valence-electron chi connectivity index (χ3n) is 2.36. The van der Waals surface area contributed by atoms with E-state index in [9.17, 15) is 9.59 Å². The number of carboxylic acids is 1. The van der Waals surface area contributed by atoms with Crippen LogP contribution >= 0.6 is 11.8 Å². The Morgan fingerprint density at radius 3 is 2.59 bits per heavy atom. The summed E-state index contributed by atoms with van der Waals surface area (Å²) >= 11 is 1.46. The number of aliphatic carboxylic acids is 1. The van der Waals surface area contributed by atoms with Crippen molar-refractivity contribution >= 4 is 23.6 Å². The molecule has 1 rings (SSSR count). The molecule has 0 saturated carbocycles. The van der Waals surface area contributed by atoms with Crippen LogP contribution in [0.15, 0.2) is 29.2 Å². The highest BCUT2D eigenvalue weighted by Crippen LogP contribution is 2.19. The number of amides is 1. The second-order valence-corrected chi connectivity index (χ2v) is 4.32. The lowest BCUT2D eigenvalue weighted by Gasteiger charge is -2.13. The van der Waals surface area contributed by atoms with Crippen molar-refractivity contribution in [1.29, 1.82) is 0 Å². The van der Waals surface area contributed by atoms with Gasteiger partial charge < -0.3 is 10.4 Å². The highest BCUT2D eigenvalue weighted by Gasteiger charge is 2.19. The maximum atomic E-state index is 11.9. The van der Waals surface area contributed by atoms with E-state index in [0.29, 0.717) is 12.0 Å². The van der Waals surface area contributed by atoms with Crippen molar-refractivity contribution in [3.63, 3.8) is 0 Å². The zero-order valence-electron chi connectivity index (χ0n) is 9.77. The van der Waals surface area contributed by atoms with Crippen LogP contribution in [-0.4, -0.2) is 29.3 Å². The van der Waals surface area contributed by atoms with Crippen LogP contribution in [0.3, 0.4) is 0 Å². The van der Waals surface area contributed by atoms with E-state index in [0.717, 1.165) is 4.90 Å². The molecule has 0 unspecified atom stereocenters. The molecular formula is C12H15NO3S. The summed E-state index contributed by atoms with van der Waals surface area (Å²) in [5, 5.41) is 11.4. The third kappa shape index (κ3) is 3.49. The number of carboxylic acid groups (broad SMARTS) is 1. The quantitative estimate of drug-likeness (QED) is 0.788. The fraction of sp³-hybridized carbons (Fsp3) is 0.333. The molecule has 0 aliphatic heterocycles. The van der Waals surface area contributed by atoms with Crippen LogP contribution in [0.5, 0.6) is 0 Å². The van der Waals surface area contributed by atoms with Gasteiger partial charge in [0.15, 0.2) is 0 Å². The van der Waals surface area contributed by atoms with Crippen LogP contribution in [0.25, 0.3) is 0 Å². The molecule has 0 radical (unpaired) electrons. The Morgan fingerprint density at radius 2 is 2.06 bits per heavy atom. The minimum absolute atomic E-state index is 0.343. The Morgan fingerprint density at radius 1 is 1.41 bits per heavy atom. The Kier molecular flexibility index (Phi) is 5.03. The SMILES string of the molecule is CC[C@H](NC(=O)c1ccccc1SC)C(=O)O. The molecule has 1 atom stereocenters. The van der Waals surface area contributed by atoms with Gasteiger partial charge in [-0.25, -0.2) is 4.79 Å². The highest BCUT2D eigenvalue weighted by molar-refractivity contribution is 7.98. The Balaban J connectivity index is 2.86. The van der Waals surface area contributed by atoms with Crippen molar-refractivity contribution in [2.45, 2.75) is 24.3 Å². The van der Waals surface area contributed by atoms with Crippen molar-refractivity contribution < 1.29 is 14.7 Å². The fourth-order valence-electron chi connectivity index (χ4n) is 1.41. The number of carbonyl (C=O) groups is 2. The second-order valence-electron chi connectivity index (χ2n) is 3.47. The minimum Gasteiger partial charge on any atom is -0.480 e.